The van der Waals surface area contributed by atoms with Crippen LogP contribution in [0.25, 0.3) is 11.2 Å². The second kappa shape index (κ2) is 8.31. The highest BCUT2D eigenvalue weighted by Crippen LogP contribution is 2.29. The highest BCUT2D eigenvalue weighted by atomic mass is 15.3. The molecule has 1 aliphatic carbocycles. The number of fused-ring (bicyclic) bond motifs is 1. The maximum atomic E-state index is 7.88. The van der Waals surface area contributed by atoms with Crippen LogP contribution in [-0.4, -0.2) is 58.9 Å². The van der Waals surface area contributed by atoms with E-state index in [0.717, 1.165) is 47.8 Å². The highest BCUT2D eigenvalue weighted by molar-refractivity contribution is 6.10. The van der Waals surface area contributed by atoms with Crippen molar-refractivity contribution >= 4 is 23.3 Å². The minimum Gasteiger partial charge on any atom is -0.383 e. The molecule has 2 aromatic heterocycles. The van der Waals surface area contributed by atoms with Crippen LogP contribution in [0.2, 0.25) is 0 Å². The van der Waals surface area contributed by atoms with E-state index in [2.05, 4.69) is 21.8 Å². The maximum Gasteiger partial charge on any atom is 0.165 e. The third-order valence-corrected chi connectivity index (χ3v) is 5.78. The molecule has 150 valence electrons. The summed E-state index contributed by atoms with van der Waals surface area (Å²) in [6.45, 7) is 2.06. The number of nitrogens with one attached hydrogen (secondary N) is 3. The standard InChI is InChI=1S/C21H31N7/c1-27(2)14-16(11-22)18-13-24-28-20(25-17-7-3-4-8-17)10-19(26-21(18)28)15-6-5-9-23-12-15/h10-11,13-15,17,22-23,25H,3-9,12H2,1-2H3/b16-14+,22-11?. The molecule has 3 heterocycles. The van der Waals surface area contributed by atoms with Crippen LogP contribution in [0.5, 0.6) is 0 Å². The van der Waals surface area contributed by atoms with Crippen molar-refractivity contribution in [3.8, 4) is 0 Å². The third kappa shape index (κ3) is 3.90. The average molecular weight is 382 g/mol. The van der Waals surface area contributed by atoms with E-state index in [1.165, 1.54) is 38.3 Å². The van der Waals surface area contributed by atoms with Gasteiger partial charge in [-0.1, -0.05) is 12.8 Å². The zero-order valence-electron chi connectivity index (χ0n) is 16.9. The summed E-state index contributed by atoms with van der Waals surface area (Å²) in [5, 5.41) is 19.7. The fraction of sp³-hybridized carbons (Fsp3) is 0.571. The van der Waals surface area contributed by atoms with Crippen LogP contribution < -0.4 is 10.6 Å². The van der Waals surface area contributed by atoms with Crippen LogP contribution in [-0.2, 0) is 0 Å². The van der Waals surface area contributed by atoms with Crippen LogP contribution in [0.15, 0.2) is 18.5 Å². The van der Waals surface area contributed by atoms with Crippen molar-refractivity contribution in [2.45, 2.75) is 50.5 Å². The Morgan fingerprint density at radius 1 is 1.29 bits per heavy atom. The zero-order chi connectivity index (χ0) is 19.5. The molecule has 1 atom stereocenters. The molecule has 7 heteroatoms. The van der Waals surface area contributed by atoms with Gasteiger partial charge < -0.3 is 20.9 Å². The van der Waals surface area contributed by atoms with E-state index in [9.17, 15) is 0 Å². The topological polar surface area (TPSA) is 81.3 Å². The normalized spacial score (nSPS) is 21.2. The molecular formula is C21H31N7. The number of rotatable bonds is 6. The molecule has 1 saturated heterocycles. The first-order valence-electron chi connectivity index (χ1n) is 10.4. The number of hydrogen-bond acceptors (Lipinski definition) is 6. The van der Waals surface area contributed by atoms with E-state index >= 15 is 0 Å². The Balaban J connectivity index is 1.80. The van der Waals surface area contributed by atoms with E-state index in [0.29, 0.717) is 12.0 Å². The molecule has 0 aromatic carbocycles. The molecule has 28 heavy (non-hydrogen) atoms. The molecule has 0 spiro atoms. The van der Waals surface area contributed by atoms with Gasteiger partial charge in [0.05, 0.1) is 11.9 Å². The van der Waals surface area contributed by atoms with Crippen molar-refractivity contribution < 1.29 is 0 Å². The number of allylic oxidation sites excluding steroid dienone is 1. The first kappa shape index (κ1) is 18.9. The maximum absolute atomic E-state index is 7.88. The van der Waals surface area contributed by atoms with Gasteiger partial charge in [0.1, 0.15) is 5.82 Å². The second-order valence-corrected chi connectivity index (χ2v) is 8.22. The van der Waals surface area contributed by atoms with Crippen LogP contribution >= 0.6 is 0 Å². The fourth-order valence-electron chi connectivity index (χ4n) is 4.34. The molecule has 0 bridgehead atoms. The van der Waals surface area contributed by atoms with Crippen molar-refractivity contribution in [1.82, 2.24) is 24.8 Å². The quantitative estimate of drug-likeness (QED) is 0.670. The van der Waals surface area contributed by atoms with Gasteiger partial charge in [-0.2, -0.15) is 9.61 Å². The van der Waals surface area contributed by atoms with Gasteiger partial charge in [0, 0.05) is 62.2 Å². The monoisotopic (exact) mass is 381 g/mol. The van der Waals surface area contributed by atoms with Gasteiger partial charge in [0.15, 0.2) is 5.65 Å². The number of aromatic nitrogens is 3. The van der Waals surface area contributed by atoms with Crippen molar-refractivity contribution in [2.24, 2.45) is 0 Å². The average Bonchev–Trinajstić information content (AvgIpc) is 3.36. The van der Waals surface area contributed by atoms with Crippen molar-refractivity contribution in [1.29, 1.82) is 5.41 Å². The SMILES string of the molecule is CN(C)/C=C(\C=N)c1cnn2c(NC3CCCC3)cc(C3CCCNC3)nc12. The Hall–Kier alpha value is -2.41. The van der Waals surface area contributed by atoms with Gasteiger partial charge in [-0.05, 0) is 32.2 Å². The van der Waals surface area contributed by atoms with Crippen LogP contribution in [0, 0.1) is 5.41 Å². The summed E-state index contributed by atoms with van der Waals surface area (Å²) >= 11 is 0. The first-order chi connectivity index (χ1) is 13.7. The highest BCUT2D eigenvalue weighted by Gasteiger charge is 2.23. The van der Waals surface area contributed by atoms with Crippen molar-refractivity contribution in [2.75, 3.05) is 32.5 Å². The molecule has 2 aliphatic rings. The molecule has 2 fully saturated rings. The predicted molar refractivity (Wildman–Crippen MR) is 114 cm³/mol. The first-order valence-corrected chi connectivity index (χ1v) is 10.4. The smallest absolute Gasteiger partial charge is 0.165 e. The third-order valence-electron chi connectivity index (χ3n) is 5.78. The van der Waals surface area contributed by atoms with E-state index in [1.54, 1.807) is 0 Å². The Morgan fingerprint density at radius 3 is 2.79 bits per heavy atom. The molecule has 4 rings (SSSR count). The number of hydrogen-bond donors (Lipinski definition) is 3. The fourth-order valence-corrected chi connectivity index (χ4v) is 4.34. The van der Waals surface area contributed by atoms with Gasteiger partial charge in [-0.15, -0.1) is 0 Å². The minimum atomic E-state index is 0.423. The predicted octanol–water partition coefficient (Wildman–Crippen LogP) is 3.10. The summed E-state index contributed by atoms with van der Waals surface area (Å²) in [7, 11) is 3.93. The van der Waals surface area contributed by atoms with Gasteiger partial charge in [-0.25, -0.2) is 4.98 Å². The molecule has 0 amide bonds. The van der Waals surface area contributed by atoms with Gasteiger partial charge in [-0.3, -0.25) is 0 Å². The van der Waals surface area contributed by atoms with Crippen LogP contribution in [0.3, 0.4) is 0 Å². The zero-order valence-corrected chi connectivity index (χ0v) is 16.9. The Kier molecular flexibility index (Phi) is 5.62. The molecule has 3 N–H and O–H groups in total. The minimum absolute atomic E-state index is 0.423. The van der Waals surface area contributed by atoms with Gasteiger partial charge >= 0.3 is 0 Å². The summed E-state index contributed by atoms with van der Waals surface area (Å²) in [4.78, 5) is 6.98. The summed E-state index contributed by atoms with van der Waals surface area (Å²) < 4.78 is 1.92. The van der Waals surface area contributed by atoms with Crippen molar-refractivity contribution in [3.63, 3.8) is 0 Å². The summed E-state index contributed by atoms with van der Waals surface area (Å²) in [5.74, 6) is 1.45. The van der Waals surface area contributed by atoms with Gasteiger partial charge in [0.2, 0.25) is 0 Å². The second-order valence-electron chi connectivity index (χ2n) is 8.22. The molecule has 7 nitrogen and oxygen atoms in total. The molecule has 0 radical (unpaired) electrons. The lowest BCUT2D eigenvalue weighted by atomic mass is 9.95. The van der Waals surface area contributed by atoms with Crippen molar-refractivity contribution in [3.05, 3.63) is 29.7 Å². The number of piperidine rings is 1. The number of nitrogens with zero attached hydrogens (tertiary/aromatic N) is 4. The summed E-state index contributed by atoms with van der Waals surface area (Å²) in [6, 6.07) is 2.70. The lowest BCUT2D eigenvalue weighted by molar-refractivity contribution is 0.455. The molecule has 2 aromatic rings. The molecule has 1 unspecified atom stereocenters. The summed E-state index contributed by atoms with van der Waals surface area (Å²) in [5.41, 5.74) is 3.68. The lowest BCUT2D eigenvalue weighted by Crippen LogP contribution is -2.29. The van der Waals surface area contributed by atoms with Gasteiger partial charge in [0.25, 0.3) is 0 Å². The lowest BCUT2D eigenvalue weighted by Gasteiger charge is -2.24. The van der Waals surface area contributed by atoms with E-state index < -0.39 is 0 Å². The van der Waals surface area contributed by atoms with Crippen LogP contribution in [0.4, 0.5) is 5.82 Å². The van der Waals surface area contributed by atoms with E-state index in [-0.39, 0.29) is 0 Å². The largest absolute Gasteiger partial charge is 0.383 e. The van der Waals surface area contributed by atoms with E-state index in [4.69, 9.17) is 10.4 Å². The Labute approximate surface area is 166 Å². The Bertz CT molecular complexity index is 855. The summed E-state index contributed by atoms with van der Waals surface area (Å²) in [6.07, 6.45) is 12.5. The molecule has 1 aliphatic heterocycles. The van der Waals surface area contributed by atoms with E-state index in [1.807, 2.05) is 35.9 Å². The number of anilines is 1. The molecule has 1 saturated carbocycles. The van der Waals surface area contributed by atoms with Crippen LogP contribution in [0.1, 0.15) is 55.7 Å². The molecular weight excluding hydrogens is 350 g/mol. The Morgan fingerprint density at radius 2 is 2.11 bits per heavy atom.